The van der Waals surface area contributed by atoms with Crippen LogP contribution in [0.1, 0.15) is 15.9 Å². The lowest BCUT2D eigenvalue weighted by molar-refractivity contribution is 0.104. The molecule has 0 aliphatic heterocycles. The first-order chi connectivity index (χ1) is 10.5. The molecule has 112 valence electrons. The van der Waals surface area contributed by atoms with Crippen LogP contribution in [-0.4, -0.2) is 17.5 Å². The summed E-state index contributed by atoms with van der Waals surface area (Å²) in [6.45, 7) is 3.76. The van der Waals surface area contributed by atoms with Gasteiger partial charge < -0.3 is 9.84 Å². The molecule has 4 heteroatoms. The quantitative estimate of drug-likeness (QED) is 0.634. The van der Waals surface area contributed by atoms with Crippen molar-refractivity contribution < 1.29 is 14.6 Å². The zero-order valence-electron chi connectivity index (χ0n) is 11.8. The van der Waals surface area contributed by atoms with Gasteiger partial charge in [0, 0.05) is 10.6 Å². The summed E-state index contributed by atoms with van der Waals surface area (Å²) >= 11 is 5.62. The Balaban J connectivity index is 2.02. The minimum atomic E-state index is -0.128. The summed E-state index contributed by atoms with van der Waals surface area (Å²) in [7, 11) is 0. The molecule has 2 rings (SSSR count). The molecule has 0 bridgehead atoms. The van der Waals surface area contributed by atoms with E-state index in [9.17, 15) is 9.90 Å². The van der Waals surface area contributed by atoms with Crippen LogP contribution in [0.5, 0.6) is 11.5 Å². The van der Waals surface area contributed by atoms with Gasteiger partial charge in [0.05, 0.1) is 0 Å². The Morgan fingerprint density at radius 2 is 1.95 bits per heavy atom. The van der Waals surface area contributed by atoms with E-state index in [-0.39, 0.29) is 18.1 Å². The Morgan fingerprint density at radius 3 is 2.59 bits per heavy atom. The summed E-state index contributed by atoms with van der Waals surface area (Å²) in [5, 5.41) is 9.78. The van der Waals surface area contributed by atoms with E-state index in [4.69, 9.17) is 16.3 Å². The molecule has 22 heavy (non-hydrogen) atoms. The second-order valence-corrected chi connectivity index (χ2v) is 5.16. The van der Waals surface area contributed by atoms with E-state index in [1.165, 1.54) is 6.08 Å². The smallest absolute Gasteiger partial charge is 0.185 e. The van der Waals surface area contributed by atoms with Gasteiger partial charge in [-0.05, 0) is 48.0 Å². The molecule has 3 nitrogen and oxygen atoms in total. The highest BCUT2D eigenvalue weighted by Crippen LogP contribution is 2.16. The summed E-state index contributed by atoms with van der Waals surface area (Å²) in [5.74, 6) is 0.656. The summed E-state index contributed by atoms with van der Waals surface area (Å²) in [6.07, 6.45) is 3.12. The van der Waals surface area contributed by atoms with Crippen molar-refractivity contribution in [1.82, 2.24) is 0 Å². The van der Waals surface area contributed by atoms with E-state index in [1.807, 2.05) is 0 Å². The van der Waals surface area contributed by atoms with Crippen LogP contribution in [0.3, 0.4) is 0 Å². The largest absolute Gasteiger partial charge is 0.508 e. The zero-order chi connectivity index (χ0) is 15.9. The minimum Gasteiger partial charge on any atom is -0.508 e. The Kier molecular flexibility index (Phi) is 5.39. The van der Waals surface area contributed by atoms with Crippen molar-refractivity contribution in [3.8, 4) is 11.5 Å². The van der Waals surface area contributed by atoms with Crippen molar-refractivity contribution in [2.24, 2.45) is 0 Å². The second kappa shape index (κ2) is 7.48. The molecule has 0 saturated heterocycles. The SMILES string of the molecule is C=C(Cl)COc1ccc(C(=O)/C=C/c2cccc(O)c2)cc1. The van der Waals surface area contributed by atoms with Crippen molar-refractivity contribution in [2.45, 2.75) is 0 Å². The maximum Gasteiger partial charge on any atom is 0.185 e. The molecule has 0 radical (unpaired) electrons. The first kappa shape index (κ1) is 15.9. The number of halogens is 1. The minimum absolute atomic E-state index is 0.128. The number of carbonyl (C=O) groups is 1. The lowest BCUT2D eigenvalue weighted by Gasteiger charge is -2.05. The van der Waals surface area contributed by atoms with E-state index < -0.39 is 0 Å². The zero-order valence-corrected chi connectivity index (χ0v) is 12.6. The molecule has 0 fully saturated rings. The van der Waals surface area contributed by atoms with Crippen molar-refractivity contribution in [3.63, 3.8) is 0 Å². The standard InChI is InChI=1S/C18H15ClO3/c1-13(19)12-22-17-8-6-15(7-9-17)18(21)10-5-14-3-2-4-16(20)11-14/h2-11,20H,1,12H2/b10-5+. The third-order valence-electron chi connectivity index (χ3n) is 2.83. The third kappa shape index (κ3) is 4.79. The number of carbonyl (C=O) groups excluding carboxylic acids is 1. The summed E-state index contributed by atoms with van der Waals surface area (Å²) in [6, 6.07) is 13.5. The highest BCUT2D eigenvalue weighted by Gasteiger charge is 2.02. The number of ketones is 1. The van der Waals surface area contributed by atoms with Crippen molar-refractivity contribution >= 4 is 23.5 Å². The van der Waals surface area contributed by atoms with Gasteiger partial charge in [0.15, 0.2) is 5.78 Å². The van der Waals surface area contributed by atoms with E-state index >= 15 is 0 Å². The van der Waals surface area contributed by atoms with Crippen molar-refractivity contribution in [2.75, 3.05) is 6.61 Å². The van der Waals surface area contributed by atoms with Gasteiger partial charge in [-0.3, -0.25) is 4.79 Å². The van der Waals surface area contributed by atoms with Crippen molar-refractivity contribution in [3.05, 3.63) is 77.3 Å². The van der Waals surface area contributed by atoms with E-state index in [0.717, 1.165) is 5.56 Å². The molecule has 0 heterocycles. The molecular formula is C18H15ClO3. The van der Waals surface area contributed by atoms with Gasteiger partial charge in [-0.15, -0.1) is 0 Å². The van der Waals surface area contributed by atoms with Gasteiger partial charge >= 0.3 is 0 Å². The average Bonchev–Trinajstić information content (AvgIpc) is 2.51. The number of allylic oxidation sites excluding steroid dienone is 1. The molecule has 0 spiro atoms. The molecule has 0 aliphatic rings. The Bertz CT molecular complexity index is 703. The second-order valence-electron chi connectivity index (χ2n) is 4.62. The molecule has 0 unspecified atom stereocenters. The van der Waals surface area contributed by atoms with Crippen LogP contribution >= 0.6 is 11.6 Å². The van der Waals surface area contributed by atoms with Crippen molar-refractivity contribution in [1.29, 1.82) is 0 Å². The summed E-state index contributed by atoms with van der Waals surface area (Å²) < 4.78 is 5.36. The molecule has 0 saturated carbocycles. The Labute approximate surface area is 134 Å². The van der Waals surface area contributed by atoms with Gasteiger partial charge in [-0.1, -0.05) is 36.4 Å². The number of rotatable bonds is 6. The van der Waals surface area contributed by atoms with Gasteiger partial charge in [0.2, 0.25) is 0 Å². The fraction of sp³-hybridized carbons (Fsp3) is 0.0556. The van der Waals surface area contributed by atoms with Crippen LogP contribution in [0, 0.1) is 0 Å². The molecule has 0 amide bonds. The number of phenolic OH excluding ortho intramolecular Hbond substituents is 1. The van der Waals surface area contributed by atoms with Gasteiger partial charge in [0.25, 0.3) is 0 Å². The van der Waals surface area contributed by atoms with Crippen LogP contribution in [0.15, 0.2) is 66.2 Å². The van der Waals surface area contributed by atoms with Crippen LogP contribution in [0.2, 0.25) is 0 Å². The lowest BCUT2D eigenvalue weighted by Crippen LogP contribution is -1.98. The fourth-order valence-corrected chi connectivity index (χ4v) is 1.83. The normalized spacial score (nSPS) is 10.6. The summed E-state index contributed by atoms with van der Waals surface area (Å²) in [5.41, 5.74) is 1.31. The monoisotopic (exact) mass is 314 g/mol. The van der Waals surface area contributed by atoms with Crippen LogP contribution in [0.4, 0.5) is 0 Å². The lowest BCUT2D eigenvalue weighted by atomic mass is 10.1. The van der Waals surface area contributed by atoms with Crippen LogP contribution in [-0.2, 0) is 0 Å². The fourth-order valence-electron chi connectivity index (χ4n) is 1.77. The molecule has 0 atom stereocenters. The molecule has 2 aromatic carbocycles. The number of aromatic hydroxyl groups is 1. The number of phenols is 1. The number of hydrogen-bond donors (Lipinski definition) is 1. The van der Waals surface area contributed by atoms with E-state index in [2.05, 4.69) is 6.58 Å². The van der Waals surface area contributed by atoms with Gasteiger partial charge in [-0.25, -0.2) is 0 Å². The van der Waals surface area contributed by atoms with Gasteiger partial charge in [-0.2, -0.15) is 0 Å². The number of benzene rings is 2. The topological polar surface area (TPSA) is 46.5 Å². The molecular weight excluding hydrogens is 300 g/mol. The third-order valence-corrected chi connectivity index (χ3v) is 2.94. The molecule has 2 aromatic rings. The highest BCUT2D eigenvalue weighted by atomic mass is 35.5. The van der Waals surface area contributed by atoms with Crippen LogP contribution < -0.4 is 4.74 Å². The predicted octanol–water partition coefficient (Wildman–Crippen LogP) is 4.42. The average molecular weight is 315 g/mol. The first-order valence-electron chi connectivity index (χ1n) is 6.62. The highest BCUT2D eigenvalue weighted by molar-refractivity contribution is 6.29. The van der Waals surface area contributed by atoms with Crippen LogP contribution in [0.25, 0.3) is 6.08 Å². The van der Waals surface area contributed by atoms with E-state index in [1.54, 1.807) is 54.6 Å². The van der Waals surface area contributed by atoms with Gasteiger partial charge in [0.1, 0.15) is 18.1 Å². The number of hydrogen-bond acceptors (Lipinski definition) is 3. The maximum atomic E-state index is 12.1. The molecule has 0 aliphatic carbocycles. The molecule has 0 aromatic heterocycles. The maximum absolute atomic E-state index is 12.1. The Hall–Kier alpha value is -2.52. The molecule has 1 N–H and O–H groups in total. The first-order valence-corrected chi connectivity index (χ1v) is 7.00. The predicted molar refractivity (Wildman–Crippen MR) is 88.4 cm³/mol. The van der Waals surface area contributed by atoms with E-state index in [0.29, 0.717) is 16.3 Å². The number of ether oxygens (including phenoxy) is 1. The Morgan fingerprint density at radius 1 is 1.23 bits per heavy atom. The summed E-state index contributed by atoms with van der Waals surface area (Å²) in [4.78, 5) is 12.1.